The van der Waals surface area contributed by atoms with E-state index in [4.69, 9.17) is 4.74 Å². The van der Waals surface area contributed by atoms with Gasteiger partial charge in [0.2, 0.25) is 5.88 Å². The van der Waals surface area contributed by atoms with E-state index in [9.17, 15) is 4.79 Å². The molecule has 0 aliphatic rings. The Labute approximate surface area is 82.6 Å². The minimum atomic E-state index is -0.418. The fourth-order valence-corrected chi connectivity index (χ4v) is 1.04. The zero-order chi connectivity index (χ0) is 10.7. The number of hydrogen-bond donors (Lipinski definition) is 0. The quantitative estimate of drug-likeness (QED) is 0.680. The van der Waals surface area contributed by atoms with E-state index in [-0.39, 0.29) is 6.10 Å². The van der Waals surface area contributed by atoms with E-state index in [0.717, 1.165) is 0 Å². The van der Waals surface area contributed by atoms with E-state index in [1.54, 1.807) is 13.1 Å². The topological polar surface area (TPSA) is 53.4 Å². The van der Waals surface area contributed by atoms with Crippen LogP contribution in [0.5, 0.6) is 5.88 Å². The van der Waals surface area contributed by atoms with E-state index in [1.165, 1.54) is 11.8 Å². The molecule has 0 aliphatic carbocycles. The average molecular weight is 198 g/mol. The third kappa shape index (κ3) is 2.25. The summed E-state index contributed by atoms with van der Waals surface area (Å²) in [6.07, 6.45) is 0.0374. The lowest BCUT2D eigenvalue weighted by Gasteiger charge is -2.04. The lowest BCUT2D eigenvalue weighted by Crippen LogP contribution is -2.08. The number of carbonyl (C=O) groups excluding carboxylic acids is 1. The van der Waals surface area contributed by atoms with Gasteiger partial charge in [-0.25, -0.2) is 4.79 Å². The normalized spacial score (nSPS) is 10.4. The van der Waals surface area contributed by atoms with Crippen molar-refractivity contribution < 1.29 is 14.3 Å². The minimum Gasteiger partial charge on any atom is -0.474 e. The van der Waals surface area contributed by atoms with Crippen molar-refractivity contribution in [2.24, 2.45) is 7.05 Å². The Bertz CT molecular complexity index is 331. The van der Waals surface area contributed by atoms with Crippen LogP contribution in [0, 0.1) is 0 Å². The molecule has 0 unspecified atom stereocenters. The highest BCUT2D eigenvalue weighted by molar-refractivity contribution is 5.87. The van der Waals surface area contributed by atoms with E-state index in [0.29, 0.717) is 11.6 Å². The molecule has 0 fully saturated rings. The molecule has 1 aromatic heterocycles. The van der Waals surface area contributed by atoms with E-state index < -0.39 is 5.97 Å². The highest BCUT2D eigenvalue weighted by atomic mass is 16.5. The standard InChI is InChI=1S/C9H14N2O3/c1-6(2)14-8-5-7(9(12)13-4)11(3)10-8/h5-6H,1-4H3. The summed E-state index contributed by atoms with van der Waals surface area (Å²) in [6, 6.07) is 1.56. The Morgan fingerprint density at radius 1 is 1.57 bits per heavy atom. The van der Waals surface area contributed by atoms with Crippen LogP contribution < -0.4 is 4.74 Å². The highest BCUT2D eigenvalue weighted by Crippen LogP contribution is 2.13. The van der Waals surface area contributed by atoms with Crippen molar-refractivity contribution in [1.82, 2.24) is 9.78 Å². The number of methoxy groups -OCH3 is 1. The Morgan fingerprint density at radius 3 is 2.71 bits per heavy atom. The molecule has 1 aromatic rings. The first-order chi connectivity index (χ1) is 6.54. The summed E-state index contributed by atoms with van der Waals surface area (Å²) in [4.78, 5) is 11.2. The molecule has 0 aromatic carbocycles. The molecule has 0 saturated heterocycles. The first kappa shape index (κ1) is 10.6. The Hall–Kier alpha value is -1.52. The largest absolute Gasteiger partial charge is 0.474 e. The number of aromatic nitrogens is 2. The number of aryl methyl sites for hydroxylation is 1. The fourth-order valence-electron chi connectivity index (χ4n) is 1.04. The maximum Gasteiger partial charge on any atom is 0.356 e. The molecule has 1 heterocycles. The first-order valence-electron chi connectivity index (χ1n) is 4.33. The lowest BCUT2D eigenvalue weighted by molar-refractivity contribution is 0.0588. The van der Waals surface area contributed by atoms with Gasteiger partial charge in [-0.2, -0.15) is 0 Å². The second-order valence-corrected chi connectivity index (χ2v) is 3.15. The van der Waals surface area contributed by atoms with Crippen molar-refractivity contribution in [3.8, 4) is 5.88 Å². The van der Waals surface area contributed by atoms with E-state index >= 15 is 0 Å². The zero-order valence-electron chi connectivity index (χ0n) is 8.77. The average Bonchev–Trinajstić information content (AvgIpc) is 2.44. The van der Waals surface area contributed by atoms with Crippen LogP contribution in [0.3, 0.4) is 0 Å². The van der Waals surface area contributed by atoms with Crippen molar-refractivity contribution in [3.63, 3.8) is 0 Å². The van der Waals surface area contributed by atoms with Crippen LogP contribution >= 0.6 is 0 Å². The third-order valence-electron chi connectivity index (χ3n) is 1.61. The van der Waals surface area contributed by atoms with Gasteiger partial charge >= 0.3 is 5.97 Å². The molecule has 0 spiro atoms. The number of nitrogens with zero attached hydrogens (tertiary/aromatic N) is 2. The summed E-state index contributed by atoms with van der Waals surface area (Å²) in [5.41, 5.74) is 0.378. The Kier molecular flexibility index (Phi) is 3.11. The molecule has 5 heteroatoms. The maximum absolute atomic E-state index is 11.2. The predicted octanol–water partition coefficient (Wildman–Crippen LogP) is 0.994. The van der Waals surface area contributed by atoms with Crippen LogP contribution in [-0.4, -0.2) is 29.0 Å². The molecule has 0 N–H and O–H groups in total. The van der Waals surface area contributed by atoms with Gasteiger partial charge in [0, 0.05) is 13.1 Å². The second-order valence-electron chi connectivity index (χ2n) is 3.15. The highest BCUT2D eigenvalue weighted by Gasteiger charge is 2.14. The van der Waals surface area contributed by atoms with Crippen molar-refractivity contribution in [3.05, 3.63) is 11.8 Å². The summed E-state index contributed by atoms with van der Waals surface area (Å²) in [6.45, 7) is 3.79. The molecular weight excluding hydrogens is 184 g/mol. The monoisotopic (exact) mass is 198 g/mol. The van der Waals surface area contributed by atoms with Crippen LogP contribution in [-0.2, 0) is 11.8 Å². The van der Waals surface area contributed by atoms with E-state index in [1.807, 2.05) is 13.8 Å². The summed E-state index contributed by atoms with van der Waals surface area (Å²) in [7, 11) is 3.00. The summed E-state index contributed by atoms with van der Waals surface area (Å²) in [5.74, 6) is 0.0153. The van der Waals surface area contributed by atoms with Crippen LogP contribution in [0.4, 0.5) is 0 Å². The van der Waals surface area contributed by atoms with Gasteiger partial charge in [-0.3, -0.25) is 4.68 Å². The van der Waals surface area contributed by atoms with Gasteiger partial charge in [0.05, 0.1) is 13.2 Å². The van der Waals surface area contributed by atoms with Gasteiger partial charge in [0.1, 0.15) is 5.69 Å². The molecule has 0 radical (unpaired) electrons. The molecule has 78 valence electrons. The lowest BCUT2D eigenvalue weighted by atomic mass is 10.4. The molecule has 0 amide bonds. The number of rotatable bonds is 3. The zero-order valence-corrected chi connectivity index (χ0v) is 8.77. The summed E-state index contributed by atoms with van der Waals surface area (Å²) < 4.78 is 11.3. The molecule has 5 nitrogen and oxygen atoms in total. The van der Waals surface area contributed by atoms with Gasteiger partial charge in [-0.1, -0.05) is 0 Å². The molecule has 0 saturated carbocycles. The molecule has 0 aliphatic heterocycles. The number of esters is 1. The van der Waals surface area contributed by atoms with Gasteiger partial charge in [-0.05, 0) is 13.8 Å². The molecule has 14 heavy (non-hydrogen) atoms. The summed E-state index contributed by atoms with van der Waals surface area (Å²) >= 11 is 0. The van der Waals surface area contributed by atoms with Crippen LogP contribution in [0.1, 0.15) is 24.3 Å². The SMILES string of the molecule is COC(=O)c1cc(OC(C)C)nn1C. The van der Waals surface area contributed by atoms with Gasteiger partial charge in [0.25, 0.3) is 0 Å². The fraction of sp³-hybridized carbons (Fsp3) is 0.556. The Balaban J connectivity index is 2.87. The molecule has 1 rings (SSSR count). The van der Waals surface area contributed by atoms with Gasteiger partial charge < -0.3 is 9.47 Å². The van der Waals surface area contributed by atoms with E-state index in [2.05, 4.69) is 9.84 Å². The Morgan fingerprint density at radius 2 is 2.21 bits per heavy atom. The van der Waals surface area contributed by atoms with Crippen LogP contribution in [0.2, 0.25) is 0 Å². The van der Waals surface area contributed by atoms with Crippen LogP contribution in [0.15, 0.2) is 6.07 Å². The van der Waals surface area contributed by atoms with Crippen molar-refractivity contribution in [2.75, 3.05) is 7.11 Å². The minimum absolute atomic E-state index is 0.0374. The number of carbonyl (C=O) groups is 1. The van der Waals surface area contributed by atoms with Crippen molar-refractivity contribution in [1.29, 1.82) is 0 Å². The molecule has 0 atom stereocenters. The number of ether oxygens (including phenoxy) is 2. The predicted molar refractivity (Wildman–Crippen MR) is 50.3 cm³/mol. The van der Waals surface area contributed by atoms with Gasteiger partial charge in [0.15, 0.2) is 0 Å². The second kappa shape index (κ2) is 4.13. The molecular formula is C9H14N2O3. The van der Waals surface area contributed by atoms with Crippen LogP contribution in [0.25, 0.3) is 0 Å². The third-order valence-corrected chi connectivity index (χ3v) is 1.61. The van der Waals surface area contributed by atoms with Gasteiger partial charge in [-0.15, -0.1) is 5.10 Å². The summed E-state index contributed by atoms with van der Waals surface area (Å²) in [5, 5.41) is 4.01. The smallest absolute Gasteiger partial charge is 0.356 e. The van der Waals surface area contributed by atoms with Crippen molar-refractivity contribution in [2.45, 2.75) is 20.0 Å². The molecule has 0 bridgehead atoms. The maximum atomic E-state index is 11.2. The first-order valence-corrected chi connectivity index (χ1v) is 4.33. The number of hydrogen-bond acceptors (Lipinski definition) is 4. The van der Waals surface area contributed by atoms with Crippen molar-refractivity contribution >= 4 is 5.97 Å².